The molecule has 0 amide bonds. The maximum atomic E-state index is 5.68. The number of anilines is 1. The lowest BCUT2D eigenvalue weighted by Gasteiger charge is -2.26. The highest BCUT2D eigenvalue weighted by atomic mass is 32.2. The molecule has 2 aromatic rings. The molecule has 0 spiro atoms. The van der Waals surface area contributed by atoms with Gasteiger partial charge in [0.15, 0.2) is 0 Å². The second-order valence-corrected chi connectivity index (χ2v) is 11.1. The van der Waals surface area contributed by atoms with Gasteiger partial charge in [0.25, 0.3) is 0 Å². The van der Waals surface area contributed by atoms with Gasteiger partial charge < -0.3 is 20.9 Å². The van der Waals surface area contributed by atoms with Gasteiger partial charge in [-0.15, -0.1) is 18.3 Å². The Balaban J connectivity index is 0.000000448. The third-order valence-electron chi connectivity index (χ3n) is 6.96. The molecule has 8 heteroatoms. The van der Waals surface area contributed by atoms with E-state index in [-0.39, 0.29) is 0 Å². The molecule has 0 bridgehead atoms. The molecule has 0 unspecified atom stereocenters. The number of aryl methyl sites for hydroxylation is 1. The van der Waals surface area contributed by atoms with Crippen LogP contribution in [0.2, 0.25) is 0 Å². The van der Waals surface area contributed by atoms with Crippen molar-refractivity contribution in [2.45, 2.75) is 38.6 Å². The predicted molar refractivity (Wildman–Crippen MR) is 193 cm³/mol. The molecular weight excluding hydrogens is 551 g/mol. The van der Waals surface area contributed by atoms with Crippen molar-refractivity contribution in [1.29, 1.82) is 0 Å². The third kappa shape index (κ3) is 12.5. The van der Waals surface area contributed by atoms with Crippen LogP contribution in [0.5, 0.6) is 0 Å². The number of nitrogens with two attached hydrogens (primary N) is 1. The fourth-order valence-corrected chi connectivity index (χ4v) is 4.65. The van der Waals surface area contributed by atoms with Gasteiger partial charge >= 0.3 is 0 Å². The van der Waals surface area contributed by atoms with E-state index in [9.17, 15) is 0 Å². The average molecular weight is 600 g/mol. The van der Waals surface area contributed by atoms with Crippen molar-refractivity contribution in [3.63, 3.8) is 0 Å². The number of nitrogens with zero attached hydrogens (tertiary/aromatic N) is 5. The molecule has 43 heavy (non-hydrogen) atoms. The molecule has 0 atom stereocenters. The quantitative estimate of drug-likeness (QED) is 0.118. The summed E-state index contributed by atoms with van der Waals surface area (Å²) < 4.78 is 0. The molecule has 0 radical (unpaired) electrons. The van der Waals surface area contributed by atoms with Crippen molar-refractivity contribution in [3.05, 3.63) is 107 Å². The molecule has 0 aromatic heterocycles. The number of likely N-dealkylation sites (tertiary alicyclic amines) is 1. The minimum Gasteiger partial charge on any atom is -0.390 e. The van der Waals surface area contributed by atoms with Crippen LogP contribution in [0.4, 0.5) is 5.69 Å². The van der Waals surface area contributed by atoms with Crippen molar-refractivity contribution in [2.75, 3.05) is 45.4 Å². The van der Waals surface area contributed by atoms with Gasteiger partial charge in [0, 0.05) is 37.8 Å². The first-order valence-electron chi connectivity index (χ1n) is 14.6. The van der Waals surface area contributed by atoms with E-state index in [1.807, 2.05) is 62.5 Å². The Morgan fingerprint density at radius 2 is 1.86 bits per heavy atom. The van der Waals surface area contributed by atoms with E-state index >= 15 is 0 Å². The molecule has 0 aliphatic carbocycles. The Bertz CT molecular complexity index is 1280. The summed E-state index contributed by atoms with van der Waals surface area (Å²) >= 11 is 1.60. The third-order valence-corrected chi connectivity index (χ3v) is 7.36. The maximum absolute atomic E-state index is 5.68. The zero-order valence-electron chi connectivity index (χ0n) is 26.5. The van der Waals surface area contributed by atoms with Crippen LogP contribution in [0.3, 0.4) is 0 Å². The van der Waals surface area contributed by atoms with Gasteiger partial charge in [-0.05, 0) is 99.6 Å². The van der Waals surface area contributed by atoms with Gasteiger partial charge in [-0.2, -0.15) is 0 Å². The first-order valence-corrected chi connectivity index (χ1v) is 15.9. The lowest BCUT2D eigenvalue weighted by atomic mass is 10.0. The summed E-state index contributed by atoms with van der Waals surface area (Å²) in [6.07, 6.45) is 14.8. The van der Waals surface area contributed by atoms with Crippen LogP contribution in [-0.4, -0.2) is 70.7 Å². The summed E-state index contributed by atoms with van der Waals surface area (Å²) in [4.78, 5) is 17.9. The summed E-state index contributed by atoms with van der Waals surface area (Å²) in [5.41, 5.74) is 12.5. The maximum Gasteiger partial charge on any atom is 0.0951 e. The van der Waals surface area contributed by atoms with Gasteiger partial charge in [-0.3, -0.25) is 9.98 Å². The summed E-state index contributed by atoms with van der Waals surface area (Å²) in [6.45, 7) is 11.8. The second-order valence-electron chi connectivity index (χ2n) is 10.3. The molecule has 1 saturated heterocycles. The van der Waals surface area contributed by atoms with Crippen molar-refractivity contribution >= 4 is 42.4 Å². The Labute approximate surface area is 263 Å². The van der Waals surface area contributed by atoms with Gasteiger partial charge in [0.1, 0.15) is 0 Å². The number of piperidine rings is 1. The number of allylic oxidation sites excluding steroid dienone is 2. The number of thioether (sulfide) groups is 1. The summed E-state index contributed by atoms with van der Waals surface area (Å²) in [7, 11) is 6.24. The molecule has 7 nitrogen and oxygen atoms in total. The van der Waals surface area contributed by atoms with E-state index in [0.717, 1.165) is 50.0 Å². The first kappa shape index (κ1) is 35.3. The number of hydrogen-bond donors (Lipinski definition) is 2. The van der Waals surface area contributed by atoms with E-state index in [0.29, 0.717) is 17.4 Å². The van der Waals surface area contributed by atoms with Crippen LogP contribution in [0, 0.1) is 0 Å². The largest absolute Gasteiger partial charge is 0.390 e. The normalized spacial score (nSPS) is 15.3. The number of benzene rings is 2. The van der Waals surface area contributed by atoms with Crippen LogP contribution in [-0.2, 0) is 12.8 Å². The molecule has 1 aliphatic heterocycles. The number of aliphatic imine (C=N–C) groups is 3. The monoisotopic (exact) mass is 599 g/mol. The van der Waals surface area contributed by atoms with E-state index in [4.69, 9.17) is 10.7 Å². The molecule has 1 aliphatic rings. The van der Waals surface area contributed by atoms with Gasteiger partial charge in [-0.1, -0.05) is 43.3 Å². The molecule has 2 aromatic carbocycles. The number of rotatable bonds is 13. The minimum absolute atomic E-state index is 0.338. The highest BCUT2D eigenvalue weighted by Crippen LogP contribution is 2.25. The van der Waals surface area contributed by atoms with Crippen LogP contribution in [0.15, 0.2) is 105 Å². The lowest BCUT2D eigenvalue weighted by molar-refractivity contribution is 0.257. The first-order chi connectivity index (χ1) is 20.9. The smallest absolute Gasteiger partial charge is 0.0951 e. The van der Waals surface area contributed by atoms with E-state index in [1.54, 1.807) is 11.8 Å². The van der Waals surface area contributed by atoms with Crippen molar-refractivity contribution in [2.24, 2.45) is 20.7 Å². The molecular formula is C35H49N7S. The summed E-state index contributed by atoms with van der Waals surface area (Å²) in [5, 5.41) is 5.28. The SMILES string of the molecule is C=CCc1ccc(N(C)C)cc1.C=N/C(=C(N/C=C\SC)/C(=C/C=NC1CCN(C)CC1)N=CN)c1cccc(CC)c1. The number of hydrogen-bond acceptors (Lipinski definition) is 7. The zero-order valence-corrected chi connectivity index (χ0v) is 27.4. The number of nitrogens with one attached hydrogen (secondary N) is 1. The highest BCUT2D eigenvalue weighted by molar-refractivity contribution is 8.01. The zero-order chi connectivity index (χ0) is 31.5. The van der Waals surface area contributed by atoms with E-state index in [1.165, 1.54) is 23.2 Å². The standard InChI is InChI=1S/C24H34N6S.C11H15N/c1-5-19-7-6-8-20(17-19)23(26-2)24(28-13-16-31-4)22(29-18-25)9-12-27-21-10-14-30(3)15-11-21;1-4-5-10-6-8-11(9-7-10)12(2)3/h6-9,12-13,16-18,21,28H,2,5,10-11,14-15H2,1,3-4H3,(H2,25,29);4,6-9H,1,5H2,2-3H3/b16-13-,22-9-,24-23-,27-12?;. The van der Waals surface area contributed by atoms with Crippen LogP contribution in [0.25, 0.3) is 5.70 Å². The van der Waals surface area contributed by atoms with E-state index < -0.39 is 0 Å². The predicted octanol–water partition coefficient (Wildman–Crippen LogP) is 6.56. The van der Waals surface area contributed by atoms with Crippen molar-refractivity contribution in [1.82, 2.24) is 10.2 Å². The van der Waals surface area contributed by atoms with Crippen LogP contribution in [0.1, 0.15) is 36.5 Å². The highest BCUT2D eigenvalue weighted by Gasteiger charge is 2.15. The van der Waals surface area contributed by atoms with Crippen molar-refractivity contribution < 1.29 is 0 Å². The average Bonchev–Trinajstić information content (AvgIpc) is 3.02. The minimum atomic E-state index is 0.338. The topological polar surface area (TPSA) is 81.6 Å². The Morgan fingerprint density at radius 1 is 1.14 bits per heavy atom. The Hall–Kier alpha value is -3.88. The van der Waals surface area contributed by atoms with Crippen molar-refractivity contribution in [3.8, 4) is 0 Å². The van der Waals surface area contributed by atoms with Crippen LogP contribution < -0.4 is 16.0 Å². The van der Waals surface area contributed by atoms with Gasteiger partial charge in [0.05, 0.1) is 29.5 Å². The molecule has 230 valence electrons. The van der Waals surface area contributed by atoms with Crippen LogP contribution >= 0.6 is 11.8 Å². The lowest BCUT2D eigenvalue weighted by Crippen LogP contribution is -2.31. The molecule has 0 saturated carbocycles. The molecule has 3 N–H and O–H groups in total. The van der Waals surface area contributed by atoms with Gasteiger partial charge in [0.2, 0.25) is 0 Å². The Kier molecular flexibility index (Phi) is 16.5. The molecule has 3 rings (SSSR count). The molecule has 1 heterocycles. The summed E-state index contributed by atoms with van der Waals surface area (Å²) in [6, 6.07) is 17.1. The summed E-state index contributed by atoms with van der Waals surface area (Å²) in [5.74, 6) is 0. The fourth-order valence-electron chi connectivity index (χ4n) is 4.45. The van der Waals surface area contributed by atoms with Gasteiger partial charge in [-0.25, -0.2) is 4.99 Å². The Morgan fingerprint density at radius 3 is 2.44 bits per heavy atom. The molecule has 1 fully saturated rings. The fraction of sp³-hybridized carbons (Fsp3) is 0.343. The van der Waals surface area contributed by atoms with E-state index in [2.05, 4.69) is 88.8 Å². The second kappa shape index (κ2) is 20.1.